The quantitative estimate of drug-likeness (QED) is 0.843. The zero-order chi connectivity index (χ0) is 14.5. The lowest BCUT2D eigenvalue weighted by molar-refractivity contribution is 0.118. The van der Waals surface area contributed by atoms with Gasteiger partial charge in [-0.15, -0.1) is 0 Å². The van der Waals surface area contributed by atoms with E-state index in [2.05, 4.69) is 27.2 Å². The molecule has 112 valence electrons. The zero-order valence-corrected chi connectivity index (χ0v) is 12.6. The van der Waals surface area contributed by atoms with Crippen LogP contribution >= 0.6 is 0 Å². The molecule has 7 heteroatoms. The van der Waals surface area contributed by atoms with Gasteiger partial charge < -0.3 is 19.7 Å². The summed E-state index contributed by atoms with van der Waals surface area (Å²) in [7, 11) is 1.98. The molecule has 1 aliphatic heterocycles. The Morgan fingerprint density at radius 2 is 2.15 bits per heavy atom. The van der Waals surface area contributed by atoms with Crippen molar-refractivity contribution in [1.29, 1.82) is 0 Å². The standard InChI is InChI=1S/C13H23N5O2/c1-5-14-11-15-12(17-13(16-11)19-6-2)18(4)10-7-8-20-9(10)3/h9-10H,5-8H2,1-4H3,(H,14,15,16,17). The molecular formula is C13H23N5O2. The average molecular weight is 281 g/mol. The minimum Gasteiger partial charge on any atom is -0.464 e. The molecule has 0 saturated carbocycles. The summed E-state index contributed by atoms with van der Waals surface area (Å²) in [5.74, 6) is 1.15. The molecule has 1 aromatic heterocycles. The Labute approximate surface area is 119 Å². The Balaban J connectivity index is 2.24. The monoisotopic (exact) mass is 281 g/mol. The first-order valence-corrected chi connectivity index (χ1v) is 7.12. The number of rotatable bonds is 6. The largest absolute Gasteiger partial charge is 0.464 e. The molecule has 0 amide bonds. The Morgan fingerprint density at radius 1 is 1.35 bits per heavy atom. The fourth-order valence-electron chi connectivity index (χ4n) is 2.31. The second-order valence-corrected chi connectivity index (χ2v) is 4.75. The van der Waals surface area contributed by atoms with Crippen molar-refractivity contribution in [2.24, 2.45) is 0 Å². The van der Waals surface area contributed by atoms with Gasteiger partial charge >= 0.3 is 6.01 Å². The lowest BCUT2D eigenvalue weighted by Crippen LogP contribution is -2.38. The molecule has 1 aliphatic rings. The summed E-state index contributed by atoms with van der Waals surface area (Å²) in [4.78, 5) is 15.1. The van der Waals surface area contributed by atoms with Gasteiger partial charge in [-0.3, -0.25) is 0 Å². The van der Waals surface area contributed by atoms with Crippen molar-refractivity contribution in [2.45, 2.75) is 39.3 Å². The normalized spacial score (nSPS) is 21.8. The van der Waals surface area contributed by atoms with Crippen LogP contribution in [-0.4, -0.2) is 53.9 Å². The van der Waals surface area contributed by atoms with Gasteiger partial charge in [-0.05, 0) is 27.2 Å². The van der Waals surface area contributed by atoms with E-state index in [0.717, 1.165) is 19.6 Å². The van der Waals surface area contributed by atoms with Crippen molar-refractivity contribution in [1.82, 2.24) is 15.0 Å². The third-order valence-electron chi connectivity index (χ3n) is 3.36. The van der Waals surface area contributed by atoms with E-state index < -0.39 is 0 Å². The summed E-state index contributed by atoms with van der Waals surface area (Å²) in [6.07, 6.45) is 1.15. The molecule has 20 heavy (non-hydrogen) atoms. The maximum atomic E-state index is 5.60. The highest BCUT2D eigenvalue weighted by atomic mass is 16.5. The molecular weight excluding hydrogens is 258 g/mol. The van der Waals surface area contributed by atoms with E-state index >= 15 is 0 Å². The second-order valence-electron chi connectivity index (χ2n) is 4.75. The van der Waals surface area contributed by atoms with E-state index in [1.807, 2.05) is 25.8 Å². The summed E-state index contributed by atoms with van der Waals surface area (Å²) < 4.78 is 11.0. The first-order chi connectivity index (χ1) is 9.65. The molecule has 1 aromatic rings. The van der Waals surface area contributed by atoms with Crippen molar-refractivity contribution < 1.29 is 9.47 Å². The Kier molecular flexibility index (Phi) is 4.94. The summed E-state index contributed by atoms with van der Waals surface area (Å²) >= 11 is 0. The van der Waals surface area contributed by atoms with Crippen LogP contribution in [0.25, 0.3) is 0 Å². The highest BCUT2D eigenvalue weighted by Gasteiger charge is 2.29. The molecule has 2 unspecified atom stereocenters. The molecule has 0 spiro atoms. The van der Waals surface area contributed by atoms with Crippen molar-refractivity contribution in [3.05, 3.63) is 0 Å². The number of anilines is 2. The van der Waals surface area contributed by atoms with Crippen LogP contribution < -0.4 is 15.0 Å². The minimum absolute atomic E-state index is 0.176. The first-order valence-electron chi connectivity index (χ1n) is 7.12. The lowest BCUT2D eigenvalue weighted by Gasteiger charge is -2.26. The summed E-state index contributed by atoms with van der Waals surface area (Å²) in [6.45, 7) is 8.04. The number of hydrogen-bond acceptors (Lipinski definition) is 7. The highest BCUT2D eigenvalue weighted by Crippen LogP contribution is 2.23. The minimum atomic E-state index is 0.176. The summed E-state index contributed by atoms with van der Waals surface area (Å²) in [5, 5.41) is 3.10. The number of ether oxygens (including phenoxy) is 2. The Bertz CT molecular complexity index is 419. The number of likely N-dealkylation sites (N-methyl/N-ethyl adjacent to an activating group) is 1. The molecule has 2 rings (SSSR count). The third kappa shape index (κ3) is 3.27. The van der Waals surface area contributed by atoms with Crippen molar-refractivity contribution in [3.8, 4) is 6.01 Å². The smallest absolute Gasteiger partial charge is 0.323 e. The van der Waals surface area contributed by atoms with Crippen LogP contribution in [0.2, 0.25) is 0 Å². The van der Waals surface area contributed by atoms with E-state index in [0.29, 0.717) is 24.5 Å². The van der Waals surface area contributed by atoms with Gasteiger partial charge in [0.2, 0.25) is 11.9 Å². The second kappa shape index (κ2) is 6.69. The Hall–Kier alpha value is -1.63. The van der Waals surface area contributed by atoms with Gasteiger partial charge in [0.15, 0.2) is 0 Å². The van der Waals surface area contributed by atoms with Crippen LogP contribution in [0.1, 0.15) is 27.2 Å². The topological polar surface area (TPSA) is 72.4 Å². The number of nitrogens with one attached hydrogen (secondary N) is 1. The number of hydrogen-bond donors (Lipinski definition) is 1. The fraction of sp³-hybridized carbons (Fsp3) is 0.769. The zero-order valence-electron chi connectivity index (χ0n) is 12.6. The van der Waals surface area contributed by atoms with Crippen LogP contribution in [0.5, 0.6) is 6.01 Å². The lowest BCUT2D eigenvalue weighted by atomic mass is 10.1. The number of aromatic nitrogens is 3. The SMILES string of the molecule is CCNc1nc(OCC)nc(N(C)C2CCOC2C)n1. The fourth-order valence-corrected chi connectivity index (χ4v) is 2.31. The van der Waals surface area contributed by atoms with E-state index in [9.17, 15) is 0 Å². The summed E-state index contributed by atoms with van der Waals surface area (Å²) in [6, 6.07) is 0.633. The molecule has 7 nitrogen and oxygen atoms in total. The van der Waals surface area contributed by atoms with Crippen molar-refractivity contribution >= 4 is 11.9 Å². The van der Waals surface area contributed by atoms with Gasteiger partial charge in [0.1, 0.15) is 0 Å². The van der Waals surface area contributed by atoms with Crippen LogP contribution in [-0.2, 0) is 4.74 Å². The molecule has 0 aliphatic carbocycles. The van der Waals surface area contributed by atoms with Crippen molar-refractivity contribution in [2.75, 3.05) is 37.0 Å². The molecule has 1 N–H and O–H groups in total. The van der Waals surface area contributed by atoms with Gasteiger partial charge in [0.05, 0.1) is 18.8 Å². The first kappa shape index (κ1) is 14.8. The van der Waals surface area contributed by atoms with Gasteiger partial charge in [-0.2, -0.15) is 15.0 Å². The van der Waals surface area contributed by atoms with E-state index in [-0.39, 0.29) is 12.1 Å². The third-order valence-corrected chi connectivity index (χ3v) is 3.36. The van der Waals surface area contributed by atoms with E-state index in [1.165, 1.54) is 0 Å². The van der Waals surface area contributed by atoms with Crippen molar-refractivity contribution in [3.63, 3.8) is 0 Å². The number of nitrogens with zero attached hydrogens (tertiary/aromatic N) is 4. The molecule has 0 bridgehead atoms. The average Bonchev–Trinajstić information content (AvgIpc) is 2.84. The van der Waals surface area contributed by atoms with Gasteiger partial charge in [0, 0.05) is 20.2 Å². The predicted molar refractivity (Wildman–Crippen MR) is 77.4 cm³/mol. The highest BCUT2D eigenvalue weighted by molar-refractivity contribution is 5.39. The predicted octanol–water partition coefficient (Wildman–Crippen LogP) is 1.32. The van der Waals surface area contributed by atoms with E-state index in [4.69, 9.17) is 9.47 Å². The molecule has 1 saturated heterocycles. The van der Waals surface area contributed by atoms with Gasteiger partial charge in [0.25, 0.3) is 0 Å². The van der Waals surface area contributed by atoms with Crippen LogP contribution in [0, 0.1) is 0 Å². The molecule has 1 fully saturated rings. The van der Waals surface area contributed by atoms with Crippen LogP contribution in [0.15, 0.2) is 0 Å². The van der Waals surface area contributed by atoms with Gasteiger partial charge in [-0.1, -0.05) is 0 Å². The summed E-state index contributed by atoms with van der Waals surface area (Å²) in [5.41, 5.74) is 0. The molecule has 0 radical (unpaired) electrons. The maximum absolute atomic E-state index is 5.60. The van der Waals surface area contributed by atoms with Gasteiger partial charge in [-0.25, -0.2) is 0 Å². The Morgan fingerprint density at radius 3 is 2.75 bits per heavy atom. The molecule has 2 heterocycles. The molecule has 2 atom stereocenters. The van der Waals surface area contributed by atoms with Crippen LogP contribution in [0.4, 0.5) is 11.9 Å². The van der Waals surface area contributed by atoms with E-state index in [1.54, 1.807) is 0 Å². The molecule has 0 aromatic carbocycles. The maximum Gasteiger partial charge on any atom is 0.323 e. The van der Waals surface area contributed by atoms with Crippen LogP contribution in [0.3, 0.4) is 0 Å².